The molecule has 3 rings (SSSR count). The SMILES string of the molecule is CN[C@H]1CCN(c2ccc3nccn3n2)C1. The van der Waals surface area contributed by atoms with Crippen molar-refractivity contribution in [1.82, 2.24) is 19.9 Å². The van der Waals surface area contributed by atoms with Crippen molar-refractivity contribution in [2.75, 3.05) is 25.0 Å². The van der Waals surface area contributed by atoms with Gasteiger partial charge in [-0.2, -0.15) is 0 Å². The number of hydrogen-bond acceptors (Lipinski definition) is 4. The van der Waals surface area contributed by atoms with E-state index in [1.807, 2.05) is 29.9 Å². The van der Waals surface area contributed by atoms with Gasteiger partial charge in [0, 0.05) is 31.5 Å². The molecule has 16 heavy (non-hydrogen) atoms. The molecule has 1 aliphatic heterocycles. The first kappa shape index (κ1) is 9.59. The Morgan fingerprint density at radius 1 is 1.44 bits per heavy atom. The molecule has 0 saturated carbocycles. The van der Waals surface area contributed by atoms with E-state index in [0.717, 1.165) is 24.6 Å². The summed E-state index contributed by atoms with van der Waals surface area (Å²) in [5.41, 5.74) is 0.896. The number of anilines is 1. The van der Waals surface area contributed by atoms with E-state index < -0.39 is 0 Å². The molecule has 0 bridgehead atoms. The van der Waals surface area contributed by atoms with Crippen molar-refractivity contribution in [2.45, 2.75) is 12.5 Å². The van der Waals surface area contributed by atoms with Gasteiger partial charge in [0.25, 0.3) is 0 Å². The fraction of sp³-hybridized carbons (Fsp3) is 0.455. The molecular formula is C11H15N5. The fourth-order valence-electron chi connectivity index (χ4n) is 2.18. The maximum Gasteiger partial charge on any atom is 0.153 e. The second-order valence-electron chi connectivity index (χ2n) is 4.14. The molecule has 1 aliphatic rings. The summed E-state index contributed by atoms with van der Waals surface area (Å²) >= 11 is 0. The highest BCUT2D eigenvalue weighted by Gasteiger charge is 2.22. The lowest BCUT2D eigenvalue weighted by Gasteiger charge is -2.16. The predicted octanol–water partition coefficient (Wildman–Crippen LogP) is 0.527. The molecule has 84 valence electrons. The van der Waals surface area contributed by atoms with E-state index >= 15 is 0 Å². The van der Waals surface area contributed by atoms with Crippen molar-refractivity contribution in [3.05, 3.63) is 24.5 Å². The molecule has 1 N–H and O–H groups in total. The van der Waals surface area contributed by atoms with Crippen molar-refractivity contribution in [3.8, 4) is 0 Å². The standard InChI is InChI=1S/C11H15N5/c1-12-9-4-6-15(8-9)11-3-2-10-13-5-7-16(10)14-11/h2-3,5,7,9,12H,4,6,8H2,1H3/t9-/m0/s1. The van der Waals surface area contributed by atoms with Crippen LogP contribution < -0.4 is 10.2 Å². The van der Waals surface area contributed by atoms with Gasteiger partial charge in [-0.05, 0) is 25.6 Å². The average molecular weight is 217 g/mol. The summed E-state index contributed by atoms with van der Waals surface area (Å²) in [6.07, 6.45) is 4.83. The Hall–Kier alpha value is -1.62. The van der Waals surface area contributed by atoms with Crippen molar-refractivity contribution in [2.24, 2.45) is 0 Å². The molecule has 5 nitrogen and oxygen atoms in total. The van der Waals surface area contributed by atoms with Crippen LogP contribution in [0.15, 0.2) is 24.5 Å². The largest absolute Gasteiger partial charge is 0.354 e. The zero-order valence-electron chi connectivity index (χ0n) is 9.30. The van der Waals surface area contributed by atoms with Crippen molar-refractivity contribution in [1.29, 1.82) is 0 Å². The number of hydrogen-bond donors (Lipinski definition) is 1. The zero-order valence-corrected chi connectivity index (χ0v) is 9.30. The van der Waals surface area contributed by atoms with Crippen LogP contribution in [-0.4, -0.2) is 40.8 Å². The molecule has 2 aromatic rings. The first-order valence-corrected chi connectivity index (χ1v) is 5.59. The van der Waals surface area contributed by atoms with Gasteiger partial charge in [-0.25, -0.2) is 9.50 Å². The number of fused-ring (bicyclic) bond motifs is 1. The molecule has 1 atom stereocenters. The molecule has 1 fully saturated rings. The minimum atomic E-state index is 0.584. The highest BCUT2D eigenvalue weighted by atomic mass is 15.3. The van der Waals surface area contributed by atoms with Crippen LogP contribution >= 0.6 is 0 Å². The van der Waals surface area contributed by atoms with Crippen molar-refractivity contribution in [3.63, 3.8) is 0 Å². The second-order valence-corrected chi connectivity index (χ2v) is 4.14. The van der Waals surface area contributed by atoms with Crippen LogP contribution in [-0.2, 0) is 0 Å². The summed E-state index contributed by atoms with van der Waals surface area (Å²) in [6.45, 7) is 2.10. The van der Waals surface area contributed by atoms with Crippen LogP contribution in [0.3, 0.4) is 0 Å². The lowest BCUT2D eigenvalue weighted by atomic mass is 10.3. The number of aromatic nitrogens is 3. The first-order valence-electron chi connectivity index (χ1n) is 5.59. The molecule has 0 amide bonds. The van der Waals surface area contributed by atoms with Crippen molar-refractivity contribution >= 4 is 11.5 Å². The Bertz CT molecular complexity index is 492. The van der Waals surface area contributed by atoms with Gasteiger partial charge in [0.2, 0.25) is 0 Å². The van der Waals surface area contributed by atoms with Crippen LogP contribution in [0, 0.1) is 0 Å². The van der Waals surface area contributed by atoms with E-state index in [4.69, 9.17) is 0 Å². The molecule has 3 heterocycles. The lowest BCUT2D eigenvalue weighted by Crippen LogP contribution is -2.30. The van der Waals surface area contributed by atoms with Gasteiger partial charge in [-0.3, -0.25) is 0 Å². The van der Waals surface area contributed by atoms with Gasteiger partial charge >= 0.3 is 0 Å². The Morgan fingerprint density at radius 2 is 2.38 bits per heavy atom. The summed E-state index contributed by atoms with van der Waals surface area (Å²) in [6, 6.07) is 4.63. The van der Waals surface area contributed by atoms with Crippen LogP contribution in [0.4, 0.5) is 5.82 Å². The molecule has 0 spiro atoms. The van der Waals surface area contributed by atoms with Crippen LogP contribution in [0.2, 0.25) is 0 Å². The summed E-state index contributed by atoms with van der Waals surface area (Å²) in [7, 11) is 2.01. The van der Waals surface area contributed by atoms with E-state index in [-0.39, 0.29) is 0 Å². The summed E-state index contributed by atoms with van der Waals surface area (Å²) in [5, 5.41) is 7.85. The van der Waals surface area contributed by atoms with Crippen LogP contribution in [0.25, 0.3) is 5.65 Å². The molecule has 0 aromatic carbocycles. The van der Waals surface area contributed by atoms with Gasteiger partial charge in [0.05, 0.1) is 0 Å². The predicted molar refractivity (Wildman–Crippen MR) is 62.7 cm³/mol. The Morgan fingerprint density at radius 3 is 3.19 bits per heavy atom. The molecule has 2 aromatic heterocycles. The van der Waals surface area contributed by atoms with E-state index in [1.165, 1.54) is 6.42 Å². The smallest absolute Gasteiger partial charge is 0.153 e. The third-order valence-electron chi connectivity index (χ3n) is 3.16. The molecule has 0 aliphatic carbocycles. The third-order valence-corrected chi connectivity index (χ3v) is 3.16. The topological polar surface area (TPSA) is 45.5 Å². The fourth-order valence-corrected chi connectivity index (χ4v) is 2.18. The van der Waals surface area contributed by atoms with E-state index in [2.05, 4.69) is 20.3 Å². The summed E-state index contributed by atoms with van der Waals surface area (Å²) < 4.78 is 1.82. The van der Waals surface area contributed by atoms with Gasteiger partial charge in [-0.1, -0.05) is 0 Å². The van der Waals surface area contributed by atoms with E-state index in [0.29, 0.717) is 6.04 Å². The highest BCUT2D eigenvalue weighted by Crippen LogP contribution is 2.17. The summed E-state index contributed by atoms with van der Waals surface area (Å²) in [5.74, 6) is 1.03. The van der Waals surface area contributed by atoms with Gasteiger partial charge in [0.1, 0.15) is 5.82 Å². The van der Waals surface area contributed by atoms with E-state index in [9.17, 15) is 0 Å². The van der Waals surface area contributed by atoms with Gasteiger partial charge in [-0.15, -0.1) is 5.10 Å². The minimum Gasteiger partial charge on any atom is -0.354 e. The van der Waals surface area contributed by atoms with E-state index in [1.54, 1.807) is 6.20 Å². The molecule has 0 unspecified atom stereocenters. The minimum absolute atomic E-state index is 0.584. The quantitative estimate of drug-likeness (QED) is 0.797. The molecular weight excluding hydrogens is 202 g/mol. The lowest BCUT2D eigenvalue weighted by molar-refractivity contribution is 0.616. The molecule has 5 heteroatoms. The maximum atomic E-state index is 4.54. The Labute approximate surface area is 94.1 Å². The Kier molecular flexibility index (Phi) is 2.25. The average Bonchev–Trinajstić information content (AvgIpc) is 2.96. The highest BCUT2D eigenvalue weighted by molar-refractivity contribution is 5.46. The number of imidazole rings is 1. The zero-order chi connectivity index (χ0) is 11.0. The maximum absolute atomic E-state index is 4.54. The Balaban J connectivity index is 1.88. The molecule has 0 radical (unpaired) electrons. The number of rotatable bonds is 2. The molecule has 1 saturated heterocycles. The first-order chi connectivity index (χ1) is 7.86. The van der Waals surface area contributed by atoms with Crippen molar-refractivity contribution < 1.29 is 0 Å². The number of nitrogens with zero attached hydrogens (tertiary/aromatic N) is 4. The number of nitrogens with one attached hydrogen (secondary N) is 1. The van der Waals surface area contributed by atoms with Gasteiger partial charge in [0.15, 0.2) is 5.65 Å². The van der Waals surface area contributed by atoms with Gasteiger partial charge < -0.3 is 10.2 Å². The monoisotopic (exact) mass is 217 g/mol. The number of likely N-dealkylation sites (N-methyl/N-ethyl adjacent to an activating group) is 1. The van der Waals surface area contributed by atoms with Crippen LogP contribution in [0.1, 0.15) is 6.42 Å². The summed E-state index contributed by atoms with van der Waals surface area (Å²) in [4.78, 5) is 6.49. The normalized spacial score (nSPS) is 20.8. The van der Waals surface area contributed by atoms with Crippen LogP contribution in [0.5, 0.6) is 0 Å². The third kappa shape index (κ3) is 1.53. The second kappa shape index (κ2) is 3.75.